The smallest absolute Gasteiger partial charge is 0.319 e. The third-order valence-electron chi connectivity index (χ3n) is 8.83. The van der Waals surface area contributed by atoms with Crippen LogP contribution in [0.3, 0.4) is 0 Å². The number of urea groups is 1. The minimum absolute atomic E-state index is 0.0141. The van der Waals surface area contributed by atoms with E-state index in [1.807, 2.05) is 29.2 Å². The van der Waals surface area contributed by atoms with Crippen LogP contribution in [0.4, 0.5) is 10.5 Å². The monoisotopic (exact) mass is 560 g/mol. The van der Waals surface area contributed by atoms with Crippen LogP contribution in [-0.4, -0.2) is 108 Å². The molecule has 5 rings (SSSR count). The molecular formula is C28H48N8O4. The van der Waals surface area contributed by atoms with E-state index in [1.165, 1.54) is 12.0 Å². The van der Waals surface area contributed by atoms with E-state index in [4.69, 9.17) is 10.5 Å². The first-order valence-electron chi connectivity index (χ1n) is 14.7. The van der Waals surface area contributed by atoms with Crippen molar-refractivity contribution in [3.8, 4) is 0 Å². The minimum atomic E-state index is -1.01. The summed E-state index contributed by atoms with van der Waals surface area (Å²) in [5.74, 6) is 0. The van der Waals surface area contributed by atoms with Gasteiger partial charge in [0.1, 0.15) is 24.5 Å². The summed E-state index contributed by atoms with van der Waals surface area (Å²) >= 11 is 0. The van der Waals surface area contributed by atoms with E-state index >= 15 is 0 Å². The first-order chi connectivity index (χ1) is 19.1. The van der Waals surface area contributed by atoms with Crippen molar-refractivity contribution in [1.82, 2.24) is 31.1 Å². The van der Waals surface area contributed by atoms with Gasteiger partial charge in [-0.2, -0.15) is 0 Å². The molecule has 1 aromatic rings. The number of nitrogens with two attached hydrogens (primary N) is 1. The summed E-state index contributed by atoms with van der Waals surface area (Å²) in [5, 5.41) is 37.7. The largest absolute Gasteiger partial charge is 0.387 e. The van der Waals surface area contributed by atoms with Crippen molar-refractivity contribution in [3.63, 3.8) is 0 Å². The van der Waals surface area contributed by atoms with Crippen LogP contribution in [0, 0.1) is 0 Å². The molecule has 4 fully saturated rings. The number of aliphatic hydroxyl groups excluding tert-OH is 2. The molecule has 3 saturated heterocycles. The van der Waals surface area contributed by atoms with E-state index in [-0.39, 0.29) is 29.8 Å². The zero-order valence-corrected chi connectivity index (χ0v) is 24.0. The topological polar surface area (TPSA) is 159 Å². The fraction of sp³-hybridized carbons (Fsp3) is 0.750. The highest BCUT2D eigenvalue weighted by atomic mass is 16.6. The number of aliphatic hydroxyl groups is 2. The predicted molar refractivity (Wildman–Crippen MR) is 153 cm³/mol. The molecule has 1 saturated carbocycles. The SMILES string of the molecule is CC(C)(C)c1ccc(NC(=O)NCCCN(C[C@H]2O[C@@H](N3CNC4C(N)NCNC43)[C@H](O)[C@@H]2O)C2CCC2)cc1. The van der Waals surface area contributed by atoms with Crippen molar-refractivity contribution in [1.29, 1.82) is 0 Å². The Labute approximate surface area is 237 Å². The van der Waals surface area contributed by atoms with E-state index in [1.54, 1.807) is 0 Å². The summed E-state index contributed by atoms with van der Waals surface area (Å²) in [6.07, 6.45) is 0.805. The second-order valence-electron chi connectivity index (χ2n) is 12.6. The molecule has 3 unspecified atom stereocenters. The summed E-state index contributed by atoms with van der Waals surface area (Å²) in [5.41, 5.74) is 8.25. The number of anilines is 1. The van der Waals surface area contributed by atoms with Crippen LogP contribution < -0.4 is 32.3 Å². The van der Waals surface area contributed by atoms with Crippen LogP contribution in [0.5, 0.6) is 0 Å². The van der Waals surface area contributed by atoms with Gasteiger partial charge in [-0.05, 0) is 42.4 Å². The van der Waals surface area contributed by atoms with Gasteiger partial charge in [0.2, 0.25) is 0 Å². The molecular weight excluding hydrogens is 512 g/mol. The van der Waals surface area contributed by atoms with Crippen LogP contribution in [0.25, 0.3) is 0 Å². The molecule has 224 valence electrons. The second kappa shape index (κ2) is 12.6. The highest BCUT2D eigenvalue weighted by Gasteiger charge is 2.52. The Morgan fingerprint density at radius 2 is 1.90 bits per heavy atom. The maximum absolute atomic E-state index is 12.4. The van der Waals surface area contributed by atoms with E-state index in [0.717, 1.165) is 31.5 Å². The quantitative estimate of drug-likeness (QED) is 0.190. The Kier molecular flexibility index (Phi) is 9.30. The predicted octanol–water partition coefficient (Wildman–Crippen LogP) is -0.211. The molecule has 7 atom stereocenters. The number of benzene rings is 1. The van der Waals surface area contributed by atoms with Crippen molar-refractivity contribution >= 4 is 11.7 Å². The molecule has 9 N–H and O–H groups in total. The Bertz CT molecular complexity index is 988. The summed E-state index contributed by atoms with van der Waals surface area (Å²) < 4.78 is 6.31. The van der Waals surface area contributed by atoms with Crippen LogP contribution >= 0.6 is 0 Å². The van der Waals surface area contributed by atoms with Gasteiger partial charge in [-0.3, -0.25) is 20.9 Å². The summed E-state index contributed by atoms with van der Waals surface area (Å²) in [7, 11) is 0. The van der Waals surface area contributed by atoms with Gasteiger partial charge in [0.15, 0.2) is 0 Å². The molecule has 0 bridgehead atoms. The van der Waals surface area contributed by atoms with Gasteiger partial charge in [-0.1, -0.05) is 39.3 Å². The summed E-state index contributed by atoms with van der Waals surface area (Å²) in [4.78, 5) is 16.8. The number of nitrogens with zero attached hydrogens (tertiary/aromatic N) is 2. The number of rotatable bonds is 9. The van der Waals surface area contributed by atoms with Gasteiger partial charge in [0.25, 0.3) is 0 Å². The van der Waals surface area contributed by atoms with Crippen molar-refractivity contribution < 1.29 is 19.7 Å². The number of carbonyl (C=O) groups excluding carboxylic acids is 1. The van der Waals surface area contributed by atoms with E-state index in [2.05, 4.69) is 52.3 Å². The Balaban J connectivity index is 1.09. The van der Waals surface area contributed by atoms with E-state index < -0.39 is 24.5 Å². The third-order valence-corrected chi connectivity index (χ3v) is 8.83. The molecule has 12 heteroatoms. The number of hydrogen-bond donors (Lipinski definition) is 8. The van der Waals surface area contributed by atoms with Gasteiger partial charge < -0.3 is 31.3 Å². The molecule has 0 radical (unpaired) electrons. The van der Waals surface area contributed by atoms with Gasteiger partial charge >= 0.3 is 6.03 Å². The molecule has 12 nitrogen and oxygen atoms in total. The second-order valence-corrected chi connectivity index (χ2v) is 12.6. The maximum Gasteiger partial charge on any atom is 0.319 e. The average Bonchev–Trinajstić information content (AvgIpc) is 3.42. The lowest BCUT2D eigenvalue weighted by Crippen LogP contribution is -2.68. The molecule has 4 aliphatic rings. The zero-order chi connectivity index (χ0) is 28.4. The fourth-order valence-electron chi connectivity index (χ4n) is 6.12. The number of hydrogen-bond acceptors (Lipinski definition) is 10. The lowest BCUT2D eigenvalue weighted by molar-refractivity contribution is -0.109. The molecule has 1 aliphatic carbocycles. The summed E-state index contributed by atoms with van der Waals surface area (Å²) in [6.45, 7) is 9.43. The van der Waals surface area contributed by atoms with E-state index in [9.17, 15) is 15.0 Å². The van der Waals surface area contributed by atoms with Gasteiger partial charge in [0, 0.05) is 38.0 Å². The lowest BCUT2D eigenvalue weighted by atomic mass is 9.87. The fourth-order valence-corrected chi connectivity index (χ4v) is 6.12. The first-order valence-corrected chi connectivity index (χ1v) is 14.7. The van der Waals surface area contributed by atoms with Crippen molar-refractivity contribution in [2.45, 2.75) is 101 Å². The molecule has 3 heterocycles. The average molecular weight is 561 g/mol. The first kappa shape index (κ1) is 29.6. The Hall–Kier alpha value is -1.87. The molecule has 1 aromatic carbocycles. The number of amides is 2. The van der Waals surface area contributed by atoms with Crippen LogP contribution in [0.15, 0.2) is 24.3 Å². The van der Waals surface area contributed by atoms with Crippen molar-refractivity contribution in [2.75, 3.05) is 38.3 Å². The lowest BCUT2D eigenvalue weighted by Gasteiger charge is -2.40. The van der Waals surface area contributed by atoms with Gasteiger partial charge in [-0.25, -0.2) is 9.69 Å². The maximum atomic E-state index is 12.4. The zero-order valence-electron chi connectivity index (χ0n) is 24.0. The summed E-state index contributed by atoms with van der Waals surface area (Å²) in [6, 6.07) is 8.15. The molecule has 3 aliphatic heterocycles. The standard InChI is InChI=1S/C28H48N8O4/c1-28(2,3)17-8-10-18(11-9-17)34-27(39)30-12-5-13-35(19-6-4-7-19)14-20-22(37)23(38)26(40-20)36-16-33-21-24(29)31-15-32-25(21)36/h8-11,19-26,31-33,37-38H,4-7,12-16,29H2,1-3H3,(H2,30,34,39)/t20-,21?,22-,23-,24?,25?,26-/m1/s1. The highest BCUT2D eigenvalue weighted by Crippen LogP contribution is 2.31. The van der Waals surface area contributed by atoms with Crippen LogP contribution in [0.2, 0.25) is 0 Å². The van der Waals surface area contributed by atoms with E-state index in [0.29, 0.717) is 32.5 Å². The van der Waals surface area contributed by atoms with Gasteiger partial charge in [0.05, 0.1) is 25.0 Å². The molecule has 2 amide bonds. The molecule has 0 aromatic heterocycles. The molecule has 0 spiro atoms. The number of fused-ring (bicyclic) bond motifs is 1. The number of nitrogens with one attached hydrogen (secondary N) is 5. The van der Waals surface area contributed by atoms with Crippen molar-refractivity contribution in [2.24, 2.45) is 5.73 Å². The molecule has 40 heavy (non-hydrogen) atoms. The number of ether oxygens (including phenoxy) is 1. The van der Waals surface area contributed by atoms with Gasteiger partial charge in [-0.15, -0.1) is 0 Å². The van der Waals surface area contributed by atoms with Crippen LogP contribution in [-0.2, 0) is 10.2 Å². The third kappa shape index (κ3) is 6.61. The Morgan fingerprint density at radius 1 is 1.15 bits per heavy atom. The van der Waals surface area contributed by atoms with Crippen molar-refractivity contribution in [3.05, 3.63) is 29.8 Å². The highest BCUT2D eigenvalue weighted by molar-refractivity contribution is 5.89. The minimum Gasteiger partial charge on any atom is -0.387 e. The number of carbonyl (C=O) groups is 1. The normalized spacial score (nSPS) is 33.1. The van der Waals surface area contributed by atoms with Crippen LogP contribution in [0.1, 0.15) is 52.0 Å². The Morgan fingerprint density at radius 3 is 2.58 bits per heavy atom.